The minimum Gasteiger partial charge on any atom is -0.509 e. The van der Waals surface area contributed by atoms with Crippen molar-refractivity contribution in [3.63, 3.8) is 0 Å². The van der Waals surface area contributed by atoms with E-state index in [4.69, 9.17) is 24.2 Å². The number of ether oxygens (including phenoxy) is 2. The molecule has 0 atom stereocenters. The maximum atomic E-state index is 15.3. The molecule has 0 aromatic heterocycles. The SMILES string of the molecule is COc1ccc(CN(Cc2ccc(OC)cc2)c2cc(C)cc(OB(O)O)c2F)cc1. The van der Waals surface area contributed by atoms with Gasteiger partial charge in [-0.3, -0.25) is 0 Å². The summed E-state index contributed by atoms with van der Waals surface area (Å²) in [5.74, 6) is 0.583. The van der Waals surface area contributed by atoms with E-state index in [1.165, 1.54) is 6.07 Å². The van der Waals surface area contributed by atoms with Crippen LogP contribution in [0.25, 0.3) is 0 Å². The van der Waals surface area contributed by atoms with Crippen LogP contribution in [0.3, 0.4) is 0 Å². The van der Waals surface area contributed by atoms with Crippen LogP contribution in [0, 0.1) is 12.7 Å². The van der Waals surface area contributed by atoms with Crippen LogP contribution < -0.4 is 19.0 Å². The molecule has 6 nitrogen and oxygen atoms in total. The van der Waals surface area contributed by atoms with Gasteiger partial charge in [-0.25, -0.2) is 4.39 Å². The summed E-state index contributed by atoms with van der Waals surface area (Å²) in [5, 5.41) is 18.3. The van der Waals surface area contributed by atoms with Crippen molar-refractivity contribution < 1.29 is 28.6 Å². The summed E-state index contributed by atoms with van der Waals surface area (Å²) in [6.45, 7) is 2.62. The van der Waals surface area contributed by atoms with Gasteiger partial charge in [-0.1, -0.05) is 24.3 Å². The lowest BCUT2D eigenvalue weighted by atomic mass is 10.1. The molecule has 162 valence electrons. The molecule has 0 aliphatic heterocycles. The molecule has 0 aliphatic carbocycles. The number of benzene rings is 3. The number of methoxy groups -OCH3 is 2. The summed E-state index contributed by atoms with van der Waals surface area (Å²) in [7, 11) is 1.09. The van der Waals surface area contributed by atoms with Gasteiger partial charge in [-0.2, -0.15) is 0 Å². The Balaban J connectivity index is 1.98. The minimum absolute atomic E-state index is 0.223. The maximum Gasteiger partial charge on any atom is 0.707 e. The zero-order valence-corrected chi connectivity index (χ0v) is 17.7. The fourth-order valence-electron chi connectivity index (χ4n) is 3.28. The maximum absolute atomic E-state index is 15.3. The van der Waals surface area contributed by atoms with Gasteiger partial charge < -0.3 is 29.1 Å². The van der Waals surface area contributed by atoms with E-state index in [-0.39, 0.29) is 5.75 Å². The van der Waals surface area contributed by atoms with Crippen LogP contribution >= 0.6 is 0 Å². The topological polar surface area (TPSA) is 71.4 Å². The molecule has 3 aromatic rings. The van der Waals surface area contributed by atoms with E-state index in [9.17, 15) is 0 Å². The predicted molar refractivity (Wildman–Crippen MR) is 118 cm³/mol. The first kappa shape index (κ1) is 22.5. The Kier molecular flexibility index (Phi) is 7.38. The first-order chi connectivity index (χ1) is 14.9. The summed E-state index contributed by atoms with van der Waals surface area (Å²) in [6.07, 6.45) is 0. The van der Waals surface area contributed by atoms with Crippen molar-refractivity contribution in [3.8, 4) is 17.2 Å². The van der Waals surface area contributed by atoms with Crippen LogP contribution in [0.4, 0.5) is 10.1 Å². The van der Waals surface area contributed by atoms with Gasteiger partial charge >= 0.3 is 7.32 Å². The van der Waals surface area contributed by atoms with Crippen LogP contribution in [-0.4, -0.2) is 31.6 Å². The van der Waals surface area contributed by atoms with Crippen molar-refractivity contribution in [2.24, 2.45) is 0 Å². The third-order valence-electron chi connectivity index (χ3n) is 4.80. The van der Waals surface area contributed by atoms with Gasteiger partial charge in [-0.15, -0.1) is 0 Å². The average molecular weight is 425 g/mol. The quantitative estimate of drug-likeness (QED) is 0.510. The highest BCUT2D eigenvalue weighted by Gasteiger charge is 2.21. The fraction of sp³-hybridized carbons (Fsp3) is 0.217. The van der Waals surface area contributed by atoms with E-state index in [2.05, 4.69) is 0 Å². The van der Waals surface area contributed by atoms with E-state index in [0.29, 0.717) is 18.8 Å². The van der Waals surface area contributed by atoms with Crippen LogP contribution in [0.2, 0.25) is 0 Å². The highest BCUT2D eigenvalue weighted by molar-refractivity contribution is 6.33. The van der Waals surface area contributed by atoms with Crippen molar-refractivity contribution in [1.29, 1.82) is 0 Å². The second kappa shape index (κ2) is 10.2. The van der Waals surface area contributed by atoms with Gasteiger partial charge in [0.05, 0.1) is 19.9 Å². The second-order valence-electron chi connectivity index (χ2n) is 7.09. The third kappa shape index (κ3) is 5.90. The van der Waals surface area contributed by atoms with Gasteiger partial charge in [-0.05, 0) is 60.0 Å². The van der Waals surface area contributed by atoms with Crippen molar-refractivity contribution in [2.75, 3.05) is 19.1 Å². The van der Waals surface area contributed by atoms with Gasteiger partial charge in [0.1, 0.15) is 17.2 Å². The van der Waals surface area contributed by atoms with Gasteiger partial charge in [0.15, 0.2) is 5.82 Å². The largest absolute Gasteiger partial charge is 0.707 e. The number of aryl methyl sites for hydroxylation is 1. The van der Waals surface area contributed by atoms with Crippen LogP contribution in [-0.2, 0) is 13.1 Å². The van der Waals surface area contributed by atoms with Gasteiger partial charge in [0.25, 0.3) is 0 Å². The van der Waals surface area contributed by atoms with E-state index in [1.807, 2.05) is 53.4 Å². The Labute approximate surface area is 181 Å². The van der Waals surface area contributed by atoms with Crippen molar-refractivity contribution in [2.45, 2.75) is 20.0 Å². The molecular formula is C23H25BFNO5. The van der Waals surface area contributed by atoms with Gasteiger partial charge in [0.2, 0.25) is 0 Å². The Hall–Kier alpha value is -3.23. The molecule has 8 heteroatoms. The molecule has 3 rings (SSSR count). The molecule has 0 spiro atoms. The van der Waals surface area contributed by atoms with E-state index in [0.717, 1.165) is 28.2 Å². The highest BCUT2D eigenvalue weighted by Crippen LogP contribution is 2.32. The van der Waals surface area contributed by atoms with Crippen LogP contribution in [0.15, 0.2) is 60.7 Å². The Morgan fingerprint density at radius 1 is 0.839 bits per heavy atom. The third-order valence-corrected chi connectivity index (χ3v) is 4.80. The molecule has 0 bridgehead atoms. The van der Waals surface area contributed by atoms with Crippen molar-refractivity contribution >= 4 is 13.0 Å². The summed E-state index contributed by atoms with van der Waals surface area (Å²) < 4.78 is 30.6. The first-order valence-electron chi connectivity index (χ1n) is 9.73. The summed E-state index contributed by atoms with van der Waals surface area (Å²) >= 11 is 0. The highest BCUT2D eigenvalue weighted by atomic mass is 19.1. The number of hydrogen-bond donors (Lipinski definition) is 2. The Morgan fingerprint density at radius 3 is 1.74 bits per heavy atom. The monoisotopic (exact) mass is 425 g/mol. The zero-order chi connectivity index (χ0) is 22.4. The van der Waals surface area contributed by atoms with E-state index in [1.54, 1.807) is 27.2 Å². The van der Waals surface area contributed by atoms with E-state index < -0.39 is 13.1 Å². The zero-order valence-electron chi connectivity index (χ0n) is 17.7. The van der Waals surface area contributed by atoms with Crippen molar-refractivity contribution in [3.05, 3.63) is 83.2 Å². The number of rotatable bonds is 9. The van der Waals surface area contributed by atoms with Crippen LogP contribution in [0.1, 0.15) is 16.7 Å². The fourth-order valence-corrected chi connectivity index (χ4v) is 3.28. The molecular weight excluding hydrogens is 400 g/mol. The van der Waals surface area contributed by atoms with Gasteiger partial charge in [0, 0.05) is 13.1 Å². The lowest BCUT2D eigenvalue weighted by Crippen LogP contribution is -2.25. The predicted octanol–water partition coefficient (Wildman–Crippen LogP) is 3.71. The Bertz CT molecular complexity index is 947. The molecule has 0 saturated carbocycles. The lowest BCUT2D eigenvalue weighted by Gasteiger charge is -2.27. The number of anilines is 1. The molecule has 31 heavy (non-hydrogen) atoms. The second-order valence-corrected chi connectivity index (χ2v) is 7.09. The molecule has 0 saturated heterocycles. The molecule has 3 aromatic carbocycles. The molecule has 0 unspecified atom stereocenters. The molecule has 0 radical (unpaired) electrons. The number of halogens is 1. The Morgan fingerprint density at radius 2 is 1.32 bits per heavy atom. The van der Waals surface area contributed by atoms with E-state index >= 15 is 4.39 Å². The van der Waals surface area contributed by atoms with Crippen molar-refractivity contribution in [1.82, 2.24) is 0 Å². The molecule has 0 fully saturated rings. The lowest BCUT2D eigenvalue weighted by molar-refractivity contribution is 0.281. The normalized spacial score (nSPS) is 10.5. The molecule has 0 aliphatic rings. The summed E-state index contributed by atoms with van der Waals surface area (Å²) in [6, 6.07) is 18.2. The number of hydrogen-bond acceptors (Lipinski definition) is 6. The summed E-state index contributed by atoms with van der Waals surface area (Å²) in [4.78, 5) is 1.86. The van der Waals surface area contributed by atoms with Crippen LogP contribution in [0.5, 0.6) is 17.2 Å². The molecule has 2 N–H and O–H groups in total. The smallest absolute Gasteiger partial charge is 0.509 e. The average Bonchev–Trinajstić information content (AvgIpc) is 2.76. The molecule has 0 heterocycles. The first-order valence-corrected chi connectivity index (χ1v) is 9.73. The standard InChI is InChI=1S/C23H25BFNO5/c1-16-12-21(23(25)22(13-16)31-24(27)28)26(14-17-4-8-19(29-2)9-5-17)15-18-6-10-20(30-3)11-7-18/h4-13,27-28H,14-15H2,1-3H3. The minimum atomic E-state index is -2.11. The molecule has 0 amide bonds. The number of nitrogens with zero attached hydrogens (tertiary/aromatic N) is 1. The summed E-state index contributed by atoms with van der Waals surface area (Å²) in [5.41, 5.74) is 2.93.